The lowest BCUT2D eigenvalue weighted by Crippen LogP contribution is -2.39. The van der Waals surface area contributed by atoms with Crippen LogP contribution in [-0.4, -0.2) is 18.6 Å². The molecule has 1 aromatic carbocycles. The van der Waals surface area contributed by atoms with Crippen LogP contribution in [0.4, 0.5) is 0 Å². The third-order valence-electron chi connectivity index (χ3n) is 2.50. The van der Waals surface area contributed by atoms with E-state index in [1.165, 1.54) is 0 Å². The van der Waals surface area contributed by atoms with E-state index >= 15 is 0 Å². The van der Waals surface area contributed by atoms with Gasteiger partial charge in [0.1, 0.15) is 12.4 Å². The molecule has 94 valence electrons. The number of aryl methyl sites for hydroxylation is 1. The summed E-state index contributed by atoms with van der Waals surface area (Å²) in [7, 11) is 0. The van der Waals surface area contributed by atoms with Crippen molar-refractivity contribution in [2.24, 2.45) is 5.92 Å². The molecule has 0 aromatic heterocycles. The SMILES string of the molecule is Cc1ccccc1OC[C@@H](C)NC(=O)C(C)C. The van der Waals surface area contributed by atoms with Crippen molar-refractivity contribution in [2.45, 2.75) is 33.7 Å². The number of carbonyl (C=O) groups is 1. The highest BCUT2D eigenvalue weighted by molar-refractivity contribution is 5.78. The molecule has 1 rings (SSSR count). The van der Waals surface area contributed by atoms with Crippen LogP contribution in [0.3, 0.4) is 0 Å². The predicted octanol–water partition coefficient (Wildman–Crippen LogP) is 2.53. The molecule has 0 saturated carbocycles. The van der Waals surface area contributed by atoms with Gasteiger partial charge in [-0.15, -0.1) is 0 Å². The fourth-order valence-corrected chi connectivity index (χ4v) is 1.38. The minimum absolute atomic E-state index is 0.0101. The number of rotatable bonds is 5. The van der Waals surface area contributed by atoms with Crippen molar-refractivity contribution in [3.63, 3.8) is 0 Å². The van der Waals surface area contributed by atoms with Gasteiger partial charge in [0, 0.05) is 5.92 Å². The summed E-state index contributed by atoms with van der Waals surface area (Å²) in [6.45, 7) is 8.20. The molecular weight excluding hydrogens is 214 g/mol. The summed E-state index contributed by atoms with van der Waals surface area (Å²) in [4.78, 5) is 11.5. The lowest BCUT2D eigenvalue weighted by atomic mass is 10.2. The Morgan fingerprint density at radius 3 is 2.53 bits per heavy atom. The lowest BCUT2D eigenvalue weighted by molar-refractivity contribution is -0.124. The monoisotopic (exact) mass is 235 g/mol. The maximum atomic E-state index is 11.5. The molecule has 1 atom stereocenters. The van der Waals surface area contributed by atoms with E-state index in [1.54, 1.807) is 0 Å². The molecule has 17 heavy (non-hydrogen) atoms. The molecule has 0 spiro atoms. The topological polar surface area (TPSA) is 38.3 Å². The van der Waals surface area contributed by atoms with Crippen LogP contribution in [0.15, 0.2) is 24.3 Å². The van der Waals surface area contributed by atoms with Gasteiger partial charge in [0.15, 0.2) is 0 Å². The molecule has 0 bridgehead atoms. The van der Waals surface area contributed by atoms with Gasteiger partial charge in [-0.05, 0) is 25.5 Å². The van der Waals surface area contributed by atoms with E-state index in [0.29, 0.717) is 6.61 Å². The number of hydrogen-bond acceptors (Lipinski definition) is 2. The molecule has 0 radical (unpaired) electrons. The Morgan fingerprint density at radius 1 is 1.29 bits per heavy atom. The van der Waals surface area contributed by atoms with Crippen molar-refractivity contribution < 1.29 is 9.53 Å². The van der Waals surface area contributed by atoms with Gasteiger partial charge in [-0.2, -0.15) is 0 Å². The smallest absolute Gasteiger partial charge is 0.222 e. The Kier molecular flexibility index (Phi) is 5.01. The minimum Gasteiger partial charge on any atom is -0.491 e. The average molecular weight is 235 g/mol. The summed E-state index contributed by atoms with van der Waals surface area (Å²) >= 11 is 0. The summed E-state index contributed by atoms with van der Waals surface area (Å²) < 4.78 is 5.66. The maximum absolute atomic E-state index is 11.5. The van der Waals surface area contributed by atoms with Gasteiger partial charge in [-0.1, -0.05) is 32.0 Å². The van der Waals surface area contributed by atoms with E-state index < -0.39 is 0 Å². The molecule has 3 heteroatoms. The highest BCUT2D eigenvalue weighted by Crippen LogP contribution is 2.16. The molecule has 3 nitrogen and oxygen atoms in total. The van der Waals surface area contributed by atoms with Crippen LogP contribution in [0.5, 0.6) is 5.75 Å². The number of amides is 1. The maximum Gasteiger partial charge on any atom is 0.222 e. The fourth-order valence-electron chi connectivity index (χ4n) is 1.38. The quantitative estimate of drug-likeness (QED) is 0.851. The largest absolute Gasteiger partial charge is 0.491 e. The summed E-state index contributed by atoms with van der Waals surface area (Å²) in [6, 6.07) is 7.88. The van der Waals surface area contributed by atoms with Crippen LogP contribution in [0, 0.1) is 12.8 Å². The minimum atomic E-state index is 0.0101. The average Bonchev–Trinajstić information content (AvgIpc) is 2.27. The Morgan fingerprint density at radius 2 is 1.94 bits per heavy atom. The Hall–Kier alpha value is -1.51. The summed E-state index contributed by atoms with van der Waals surface area (Å²) in [6.07, 6.45) is 0. The van der Waals surface area contributed by atoms with Crippen molar-refractivity contribution in [1.82, 2.24) is 5.32 Å². The molecule has 0 aliphatic carbocycles. The predicted molar refractivity (Wildman–Crippen MR) is 69.1 cm³/mol. The zero-order valence-electron chi connectivity index (χ0n) is 11.0. The number of hydrogen-bond donors (Lipinski definition) is 1. The highest BCUT2D eigenvalue weighted by Gasteiger charge is 2.11. The Bertz CT molecular complexity index is 374. The molecule has 1 N–H and O–H groups in total. The fraction of sp³-hybridized carbons (Fsp3) is 0.500. The standard InChI is InChI=1S/C14H21NO2/c1-10(2)14(16)15-12(4)9-17-13-8-6-5-7-11(13)3/h5-8,10,12H,9H2,1-4H3,(H,15,16)/t12-/m1/s1. The first-order chi connectivity index (χ1) is 8.00. The van der Waals surface area contributed by atoms with Crippen molar-refractivity contribution in [3.05, 3.63) is 29.8 Å². The highest BCUT2D eigenvalue weighted by atomic mass is 16.5. The van der Waals surface area contributed by atoms with Crippen molar-refractivity contribution in [2.75, 3.05) is 6.61 Å². The molecule has 0 saturated heterocycles. The van der Waals surface area contributed by atoms with Crippen LogP contribution < -0.4 is 10.1 Å². The second-order valence-electron chi connectivity index (χ2n) is 4.64. The third kappa shape index (κ3) is 4.47. The summed E-state index contributed by atoms with van der Waals surface area (Å²) in [5.74, 6) is 0.944. The van der Waals surface area contributed by atoms with E-state index in [2.05, 4.69) is 5.32 Å². The van der Waals surface area contributed by atoms with Crippen molar-refractivity contribution in [1.29, 1.82) is 0 Å². The van der Waals surface area contributed by atoms with Gasteiger partial charge >= 0.3 is 0 Å². The summed E-state index contributed by atoms with van der Waals surface area (Å²) in [5.41, 5.74) is 1.11. The molecule has 0 aliphatic heterocycles. The molecule has 0 fully saturated rings. The van der Waals surface area contributed by atoms with Crippen molar-refractivity contribution >= 4 is 5.91 Å². The first-order valence-corrected chi connectivity index (χ1v) is 5.99. The lowest BCUT2D eigenvalue weighted by Gasteiger charge is -2.17. The number of benzene rings is 1. The summed E-state index contributed by atoms with van der Waals surface area (Å²) in [5, 5.41) is 2.91. The second kappa shape index (κ2) is 6.28. The number of nitrogens with one attached hydrogen (secondary N) is 1. The van der Waals surface area contributed by atoms with E-state index in [-0.39, 0.29) is 17.9 Å². The normalized spacial score (nSPS) is 12.3. The van der Waals surface area contributed by atoms with Gasteiger partial charge in [0.25, 0.3) is 0 Å². The van der Waals surface area contributed by atoms with Gasteiger partial charge in [-0.3, -0.25) is 4.79 Å². The Labute approximate surface area is 103 Å². The van der Waals surface area contributed by atoms with Crippen LogP contribution in [-0.2, 0) is 4.79 Å². The van der Waals surface area contributed by atoms with Crippen LogP contribution in [0.2, 0.25) is 0 Å². The molecular formula is C14H21NO2. The van der Waals surface area contributed by atoms with Gasteiger partial charge < -0.3 is 10.1 Å². The van der Waals surface area contributed by atoms with Gasteiger partial charge in [0.05, 0.1) is 6.04 Å². The van der Waals surface area contributed by atoms with Crippen molar-refractivity contribution in [3.8, 4) is 5.75 Å². The molecule has 0 aliphatic rings. The van der Waals surface area contributed by atoms with E-state index in [4.69, 9.17) is 4.74 Å². The zero-order chi connectivity index (χ0) is 12.8. The van der Waals surface area contributed by atoms with E-state index in [0.717, 1.165) is 11.3 Å². The first-order valence-electron chi connectivity index (χ1n) is 5.99. The first kappa shape index (κ1) is 13.6. The van der Waals surface area contributed by atoms with Gasteiger partial charge in [0.2, 0.25) is 5.91 Å². The zero-order valence-corrected chi connectivity index (χ0v) is 11.0. The van der Waals surface area contributed by atoms with E-state index in [9.17, 15) is 4.79 Å². The van der Waals surface area contributed by atoms with Gasteiger partial charge in [-0.25, -0.2) is 0 Å². The second-order valence-corrected chi connectivity index (χ2v) is 4.64. The number of carbonyl (C=O) groups excluding carboxylic acids is 1. The van der Waals surface area contributed by atoms with Crippen LogP contribution in [0.1, 0.15) is 26.3 Å². The van der Waals surface area contributed by atoms with Crippen LogP contribution in [0.25, 0.3) is 0 Å². The number of ether oxygens (including phenoxy) is 1. The third-order valence-corrected chi connectivity index (χ3v) is 2.50. The van der Waals surface area contributed by atoms with Crippen LogP contribution >= 0.6 is 0 Å². The Balaban J connectivity index is 2.41. The molecule has 1 aromatic rings. The molecule has 0 heterocycles. The number of para-hydroxylation sites is 1. The molecule has 1 amide bonds. The van der Waals surface area contributed by atoms with E-state index in [1.807, 2.05) is 52.0 Å². The molecule has 0 unspecified atom stereocenters.